The van der Waals surface area contributed by atoms with E-state index in [1.807, 2.05) is 24.8 Å². The minimum atomic E-state index is -0.675. The minimum absolute atomic E-state index is 0.0580. The largest absolute Gasteiger partial charge is 0.367 e. The number of hydrogen-bond acceptors (Lipinski definition) is 5. The summed E-state index contributed by atoms with van der Waals surface area (Å²) in [6, 6.07) is 1.93. The summed E-state index contributed by atoms with van der Waals surface area (Å²) in [5.74, 6) is 0.718. The van der Waals surface area contributed by atoms with Crippen molar-refractivity contribution < 1.29 is 9.53 Å². The Bertz CT molecular complexity index is 549. The summed E-state index contributed by atoms with van der Waals surface area (Å²) in [7, 11) is 0. The minimum Gasteiger partial charge on any atom is -0.367 e. The number of amides is 1. The monoisotopic (exact) mass is 304 g/mol. The van der Waals surface area contributed by atoms with Crippen LogP contribution >= 0.6 is 0 Å². The number of aromatic nitrogens is 2. The van der Waals surface area contributed by atoms with Crippen molar-refractivity contribution in [3.05, 3.63) is 23.3 Å². The fourth-order valence-electron chi connectivity index (χ4n) is 3.42. The average Bonchev–Trinajstić information content (AvgIpc) is 2.94. The van der Waals surface area contributed by atoms with Crippen molar-refractivity contribution in [2.45, 2.75) is 51.2 Å². The summed E-state index contributed by atoms with van der Waals surface area (Å²) in [6.07, 6.45) is 3.38. The molecule has 0 spiro atoms. The highest BCUT2D eigenvalue weighted by Gasteiger charge is 2.41. The van der Waals surface area contributed by atoms with Crippen molar-refractivity contribution in [3.63, 3.8) is 0 Å². The molecule has 6 heteroatoms. The van der Waals surface area contributed by atoms with Gasteiger partial charge in [0.25, 0.3) is 0 Å². The van der Waals surface area contributed by atoms with Gasteiger partial charge in [-0.2, -0.15) is 0 Å². The van der Waals surface area contributed by atoms with Crippen LogP contribution in [-0.4, -0.2) is 46.0 Å². The van der Waals surface area contributed by atoms with Gasteiger partial charge < -0.3 is 15.4 Å². The number of aryl methyl sites for hydroxylation is 2. The van der Waals surface area contributed by atoms with Gasteiger partial charge in [-0.15, -0.1) is 0 Å². The predicted molar refractivity (Wildman–Crippen MR) is 82.2 cm³/mol. The van der Waals surface area contributed by atoms with Crippen LogP contribution in [0.5, 0.6) is 0 Å². The second-order valence-electron chi connectivity index (χ2n) is 6.48. The van der Waals surface area contributed by atoms with Gasteiger partial charge in [-0.25, -0.2) is 9.97 Å². The van der Waals surface area contributed by atoms with E-state index >= 15 is 0 Å². The number of carbonyl (C=O) groups is 1. The molecule has 1 aliphatic carbocycles. The Morgan fingerprint density at radius 3 is 2.59 bits per heavy atom. The Hall–Kier alpha value is -1.53. The van der Waals surface area contributed by atoms with Gasteiger partial charge in [0.15, 0.2) is 5.82 Å². The third-order valence-electron chi connectivity index (χ3n) is 4.56. The van der Waals surface area contributed by atoms with Crippen molar-refractivity contribution in [2.75, 3.05) is 19.7 Å². The summed E-state index contributed by atoms with van der Waals surface area (Å²) in [6.45, 7) is 5.47. The van der Waals surface area contributed by atoms with E-state index in [0.717, 1.165) is 37.1 Å². The van der Waals surface area contributed by atoms with Crippen LogP contribution in [0.1, 0.15) is 49.0 Å². The fourth-order valence-corrected chi connectivity index (χ4v) is 3.42. The van der Waals surface area contributed by atoms with Gasteiger partial charge in [-0.05, 0) is 32.8 Å². The lowest BCUT2D eigenvalue weighted by Gasteiger charge is -2.37. The van der Waals surface area contributed by atoms with Crippen molar-refractivity contribution >= 4 is 5.91 Å². The van der Waals surface area contributed by atoms with Crippen LogP contribution in [0.15, 0.2) is 6.07 Å². The topological polar surface area (TPSA) is 81.3 Å². The molecular formula is C16H24N4O2. The van der Waals surface area contributed by atoms with E-state index in [-0.39, 0.29) is 12.0 Å². The van der Waals surface area contributed by atoms with E-state index in [4.69, 9.17) is 10.5 Å². The Morgan fingerprint density at radius 2 is 1.95 bits per heavy atom. The first kappa shape index (κ1) is 15.4. The zero-order valence-electron chi connectivity index (χ0n) is 13.3. The van der Waals surface area contributed by atoms with Crippen LogP contribution in [0.2, 0.25) is 0 Å². The van der Waals surface area contributed by atoms with Crippen molar-refractivity contribution in [2.24, 2.45) is 5.73 Å². The first-order valence-corrected chi connectivity index (χ1v) is 8.00. The smallest absolute Gasteiger partial charge is 0.242 e. The molecule has 2 fully saturated rings. The highest BCUT2D eigenvalue weighted by molar-refractivity contribution is 5.86. The summed E-state index contributed by atoms with van der Waals surface area (Å²) in [4.78, 5) is 23.5. The van der Waals surface area contributed by atoms with E-state index in [1.165, 1.54) is 0 Å². The Labute approximate surface area is 131 Å². The van der Waals surface area contributed by atoms with Crippen LogP contribution < -0.4 is 5.73 Å². The first-order valence-electron chi connectivity index (χ1n) is 8.00. The molecule has 3 rings (SSSR count). The molecule has 1 atom stereocenters. The van der Waals surface area contributed by atoms with E-state index in [2.05, 4.69) is 9.97 Å². The second-order valence-corrected chi connectivity index (χ2v) is 6.48. The number of nitrogens with two attached hydrogens (primary N) is 1. The molecule has 1 aliphatic heterocycles. The molecule has 2 aliphatic rings. The highest BCUT2D eigenvalue weighted by Crippen LogP contribution is 2.30. The Balaban J connectivity index is 1.75. The molecule has 0 radical (unpaired) electrons. The van der Waals surface area contributed by atoms with E-state index in [1.54, 1.807) is 0 Å². The number of morpholine rings is 1. The lowest BCUT2D eigenvalue weighted by atomic mass is 9.96. The van der Waals surface area contributed by atoms with Gasteiger partial charge in [0.05, 0.1) is 18.7 Å². The van der Waals surface area contributed by atoms with Gasteiger partial charge in [0, 0.05) is 17.9 Å². The molecule has 1 aromatic rings. The molecule has 0 unspecified atom stereocenters. The van der Waals surface area contributed by atoms with Crippen molar-refractivity contribution in [1.29, 1.82) is 0 Å². The summed E-state index contributed by atoms with van der Waals surface area (Å²) in [5.41, 5.74) is 7.46. The maximum Gasteiger partial charge on any atom is 0.242 e. The number of carbonyl (C=O) groups excluding carboxylic acids is 1. The fraction of sp³-hybridized carbons (Fsp3) is 0.688. The van der Waals surface area contributed by atoms with Crippen molar-refractivity contribution in [3.8, 4) is 0 Å². The van der Waals surface area contributed by atoms with Crippen LogP contribution in [0.3, 0.4) is 0 Å². The third-order valence-corrected chi connectivity index (χ3v) is 4.56. The summed E-state index contributed by atoms with van der Waals surface area (Å²) >= 11 is 0. The zero-order valence-corrected chi connectivity index (χ0v) is 13.3. The third kappa shape index (κ3) is 2.98. The average molecular weight is 304 g/mol. The second kappa shape index (κ2) is 5.93. The Morgan fingerprint density at radius 1 is 1.32 bits per heavy atom. The maximum absolute atomic E-state index is 12.7. The van der Waals surface area contributed by atoms with Gasteiger partial charge in [0.2, 0.25) is 5.91 Å². The van der Waals surface area contributed by atoms with Crippen LogP contribution in [-0.2, 0) is 9.53 Å². The number of ether oxygens (including phenoxy) is 1. The molecule has 0 aromatic carbocycles. The standard InChI is InChI=1S/C16H24N4O2/c1-11-9-12(2)19-14(18-11)13-10-20(7-8-22-13)15(21)16(17)5-3-4-6-16/h9,13H,3-8,10,17H2,1-2H3/t13-/m1/s1. The van der Waals surface area contributed by atoms with Gasteiger partial charge in [-0.1, -0.05) is 12.8 Å². The molecule has 0 bridgehead atoms. The number of hydrogen-bond donors (Lipinski definition) is 1. The van der Waals surface area contributed by atoms with Crippen LogP contribution in [0, 0.1) is 13.8 Å². The van der Waals surface area contributed by atoms with Crippen molar-refractivity contribution in [1.82, 2.24) is 14.9 Å². The normalized spacial score (nSPS) is 24.5. The molecule has 6 nitrogen and oxygen atoms in total. The maximum atomic E-state index is 12.7. The van der Waals surface area contributed by atoms with E-state index in [9.17, 15) is 4.79 Å². The molecule has 120 valence electrons. The molecule has 1 amide bonds. The van der Waals surface area contributed by atoms with Gasteiger partial charge >= 0.3 is 0 Å². The van der Waals surface area contributed by atoms with Crippen LogP contribution in [0.25, 0.3) is 0 Å². The molecule has 2 N–H and O–H groups in total. The van der Waals surface area contributed by atoms with E-state index < -0.39 is 5.54 Å². The lowest BCUT2D eigenvalue weighted by molar-refractivity contribution is -0.145. The summed E-state index contributed by atoms with van der Waals surface area (Å²) < 4.78 is 5.79. The van der Waals surface area contributed by atoms with Crippen LogP contribution in [0.4, 0.5) is 0 Å². The molecule has 2 heterocycles. The van der Waals surface area contributed by atoms with Gasteiger partial charge in [0.1, 0.15) is 6.10 Å². The highest BCUT2D eigenvalue weighted by atomic mass is 16.5. The summed E-state index contributed by atoms with van der Waals surface area (Å²) in [5, 5.41) is 0. The SMILES string of the molecule is Cc1cc(C)nc([C@H]2CN(C(=O)C3(N)CCCC3)CCO2)n1. The van der Waals surface area contributed by atoms with E-state index in [0.29, 0.717) is 25.5 Å². The number of rotatable bonds is 2. The lowest BCUT2D eigenvalue weighted by Crippen LogP contribution is -2.56. The zero-order chi connectivity index (χ0) is 15.7. The molecule has 1 saturated carbocycles. The molecule has 22 heavy (non-hydrogen) atoms. The molecular weight excluding hydrogens is 280 g/mol. The predicted octanol–water partition coefficient (Wildman–Crippen LogP) is 1.26. The quantitative estimate of drug-likeness (QED) is 0.889. The number of nitrogens with zero attached hydrogens (tertiary/aromatic N) is 3. The Kier molecular flexibility index (Phi) is 4.14. The first-order chi connectivity index (χ1) is 10.5. The molecule has 1 saturated heterocycles. The molecule has 1 aromatic heterocycles. The van der Waals surface area contributed by atoms with Gasteiger partial charge in [-0.3, -0.25) is 4.79 Å².